The minimum Gasteiger partial charge on any atom is -0.481 e. The van der Waals surface area contributed by atoms with Gasteiger partial charge in [-0.05, 0) is 25.5 Å². The average Bonchev–Trinajstić information content (AvgIpc) is 2.85. The van der Waals surface area contributed by atoms with E-state index in [1.807, 2.05) is 0 Å². The van der Waals surface area contributed by atoms with Crippen LogP contribution in [0.4, 0.5) is 0 Å². The van der Waals surface area contributed by atoms with Gasteiger partial charge in [0, 0.05) is 18.0 Å². The molecule has 1 aromatic rings. The Morgan fingerprint density at radius 1 is 1.45 bits per heavy atom. The Balaban J connectivity index is 2.03. The molecule has 1 aliphatic rings. The van der Waals surface area contributed by atoms with Gasteiger partial charge < -0.3 is 19.9 Å². The summed E-state index contributed by atoms with van der Waals surface area (Å²) in [5.41, 5.74) is 0.349. The number of benzene rings is 1. The molecular formula is C13H14ClNO5. The molecule has 1 aromatic carbocycles. The molecule has 0 aliphatic carbocycles. The highest BCUT2D eigenvalue weighted by atomic mass is 35.5. The summed E-state index contributed by atoms with van der Waals surface area (Å²) >= 11 is 6.00. The van der Waals surface area contributed by atoms with Gasteiger partial charge in [-0.25, -0.2) is 0 Å². The highest BCUT2D eigenvalue weighted by Crippen LogP contribution is 2.39. The molecule has 1 aliphatic heterocycles. The molecule has 0 radical (unpaired) electrons. The van der Waals surface area contributed by atoms with Crippen molar-refractivity contribution in [3.8, 4) is 11.5 Å². The summed E-state index contributed by atoms with van der Waals surface area (Å²) in [5, 5.41) is 11.6. The van der Waals surface area contributed by atoms with Crippen LogP contribution in [0.2, 0.25) is 5.02 Å². The van der Waals surface area contributed by atoms with Gasteiger partial charge in [0.1, 0.15) is 0 Å². The number of carbonyl (C=O) groups is 2. The van der Waals surface area contributed by atoms with Crippen LogP contribution in [0.5, 0.6) is 11.5 Å². The van der Waals surface area contributed by atoms with Crippen LogP contribution in [0.1, 0.15) is 30.1 Å². The Kier molecular flexibility index (Phi) is 4.34. The van der Waals surface area contributed by atoms with Gasteiger partial charge in [0.05, 0.1) is 5.02 Å². The number of hydrogen-bond acceptors (Lipinski definition) is 4. The molecule has 108 valence electrons. The first-order valence-electron chi connectivity index (χ1n) is 6.09. The first kappa shape index (κ1) is 14.5. The highest BCUT2D eigenvalue weighted by Gasteiger charge is 2.21. The second-order valence-electron chi connectivity index (χ2n) is 4.50. The molecule has 2 N–H and O–H groups in total. The predicted octanol–water partition coefficient (Wildman–Crippen LogP) is 2.05. The van der Waals surface area contributed by atoms with Crippen molar-refractivity contribution >= 4 is 23.5 Å². The maximum absolute atomic E-state index is 12.0. The molecule has 0 fully saturated rings. The summed E-state index contributed by atoms with van der Waals surface area (Å²) in [5.74, 6) is -0.358. The smallest absolute Gasteiger partial charge is 0.303 e. The van der Waals surface area contributed by atoms with E-state index in [0.717, 1.165) is 0 Å². The van der Waals surface area contributed by atoms with Gasteiger partial charge in [-0.3, -0.25) is 9.59 Å². The molecule has 20 heavy (non-hydrogen) atoms. The first-order chi connectivity index (χ1) is 9.47. The molecule has 0 saturated carbocycles. The molecule has 1 atom stereocenters. The van der Waals surface area contributed by atoms with Crippen LogP contribution in [0.3, 0.4) is 0 Å². The lowest BCUT2D eigenvalue weighted by atomic mass is 10.1. The van der Waals surface area contributed by atoms with Gasteiger partial charge in [0.15, 0.2) is 11.5 Å². The molecule has 6 nitrogen and oxygen atoms in total. The Bertz CT molecular complexity index is 546. The second-order valence-corrected chi connectivity index (χ2v) is 4.91. The number of carboxylic acids is 1. The van der Waals surface area contributed by atoms with E-state index in [-0.39, 0.29) is 25.2 Å². The molecule has 1 amide bonds. The van der Waals surface area contributed by atoms with Crippen LogP contribution in [-0.4, -0.2) is 29.8 Å². The number of amides is 1. The number of nitrogens with one attached hydrogen (secondary N) is 1. The van der Waals surface area contributed by atoms with Gasteiger partial charge in [-0.15, -0.1) is 0 Å². The molecule has 2 rings (SSSR count). The third kappa shape index (κ3) is 3.33. The van der Waals surface area contributed by atoms with Crippen LogP contribution >= 0.6 is 11.6 Å². The molecule has 0 spiro atoms. The van der Waals surface area contributed by atoms with Gasteiger partial charge in [0.2, 0.25) is 6.79 Å². The second kappa shape index (κ2) is 6.00. The number of carboxylic acid groups (broad SMARTS) is 1. The number of fused-ring (bicyclic) bond motifs is 1. The highest BCUT2D eigenvalue weighted by molar-refractivity contribution is 6.32. The summed E-state index contributed by atoms with van der Waals surface area (Å²) in [6, 6.07) is 2.80. The fourth-order valence-corrected chi connectivity index (χ4v) is 2.08. The van der Waals surface area contributed by atoms with E-state index >= 15 is 0 Å². The van der Waals surface area contributed by atoms with Crippen molar-refractivity contribution in [3.63, 3.8) is 0 Å². The third-order valence-corrected chi connectivity index (χ3v) is 3.14. The van der Waals surface area contributed by atoms with Crippen molar-refractivity contribution in [1.29, 1.82) is 0 Å². The third-order valence-electron chi connectivity index (χ3n) is 2.86. The maximum Gasteiger partial charge on any atom is 0.303 e. The normalized spacial score (nSPS) is 13.9. The Labute approximate surface area is 120 Å². The topological polar surface area (TPSA) is 84.9 Å². The van der Waals surface area contributed by atoms with E-state index in [1.54, 1.807) is 13.0 Å². The van der Waals surface area contributed by atoms with Crippen LogP contribution in [0.15, 0.2) is 12.1 Å². The van der Waals surface area contributed by atoms with E-state index < -0.39 is 5.97 Å². The number of halogens is 1. The van der Waals surface area contributed by atoms with E-state index in [0.29, 0.717) is 28.5 Å². The number of hydrogen-bond donors (Lipinski definition) is 2. The monoisotopic (exact) mass is 299 g/mol. The quantitative estimate of drug-likeness (QED) is 0.869. The van der Waals surface area contributed by atoms with E-state index in [4.69, 9.17) is 26.2 Å². The lowest BCUT2D eigenvalue weighted by Crippen LogP contribution is -2.32. The van der Waals surface area contributed by atoms with Crippen molar-refractivity contribution in [2.45, 2.75) is 25.8 Å². The molecule has 0 saturated heterocycles. The summed E-state index contributed by atoms with van der Waals surface area (Å²) in [4.78, 5) is 22.5. The zero-order valence-corrected chi connectivity index (χ0v) is 11.6. The average molecular weight is 300 g/mol. The standard InChI is InChI=1S/C13H14ClNO5/c1-7(2-3-11(16)17)15-13(18)8-4-9(14)12-10(5-8)19-6-20-12/h4-5,7H,2-3,6H2,1H3,(H,15,18)(H,16,17). The fourth-order valence-electron chi connectivity index (χ4n) is 1.82. The molecule has 0 aromatic heterocycles. The van der Waals surface area contributed by atoms with Crippen LogP contribution in [0.25, 0.3) is 0 Å². The molecule has 7 heteroatoms. The van der Waals surface area contributed by atoms with Crippen LogP contribution < -0.4 is 14.8 Å². The van der Waals surface area contributed by atoms with E-state index in [9.17, 15) is 9.59 Å². The van der Waals surface area contributed by atoms with Gasteiger partial charge in [0.25, 0.3) is 5.91 Å². The lowest BCUT2D eigenvalue weighted by Gasteiger charge is -2.13. The first-order valence-corrected chi connectivity index (χ1v) is 6.47. The van der Waals surface area contributed by atoms with Crippen molar-refractivity contribution in [2.75, 3.05) is 6.79 Å². The van der Waals surface area contributed by atoms with Crippen molar-refractivity contribution in [2.24, 2.45) is 0 Å². The zero-order valence-electron chi connectivity index (χ0n) is 10.8. The molecule has 1 unspecified atom stereocenters. The summed E-state index contributed by atoms with van der Waals surface area (Å²) < 4.78 is 10.3. The summed E-state index contributed by atoms with van der Waals surface area (Å²) in [7, 11) is 0. The summed E-state index contributed by atoms with van der Waals surface area (Å²) in [6.07, 6.45) is 0.364. The zero-order chi connectivity index (χ0) is 14.7. The Morgan fingerprint density at radius 3 is 2.90 bits per heavy atom. The van der Waals surface area contributed by atoms with Gasteiger partial charge in [-0.1, -0.05) is 11.6 Å². The van der Waals surface area contributed by atoms with Crippen molar-refractivity contribution in [3.05, 3.63) is 22.7 Å². The molecular weight excluding hydrogens is 286 g/mol. The van der Waals surface area contributed by atoms with Gasteiger partial charge in [-0.2, -0.15) is 0 Å². The lowest BCUT2D eigenvalue weighted by molar-refractivity contribution is -0.137. The maximum atomic E-state index is 12.0. The molecule has 1 heterocycles. The van der Waals surface area contributed by atoms with Crippen LogP contribution in [0, 0.1) is 0 Å². The fraction of sp³-hybridized carbons (Fsp3) is 0.385. The minimum atomic E-state index is -0.891. The Hall–Kier alpha value is -1.95. The number of carbonyl (C=O) groups excluding carboxylic acids is 1. The summed E-state index contributed by atoms with van der Waals surface area (Å²) in [6.45, 7) is 1.82. The van der Waals surface area contributed by atoms with Crippen molar-refractivity contribution in [1.82, 2.24) is 5.32 Å². The van der Waals surface area contributed by atoms with Gasteiger partial charge >= 0.3 is 5.97 Å². The largest absolute Gasteiger partial charge is 0.481 e. The van der Waals surface area contributed by atoms with E-state index in [2.05, 4.69) is 5.32 Å². The van der Waals surface area contributed by atoms with E-state index in [1.165, 1.54) is 6.07 Å². The number of aliphatic carboxylic acids is 1. The number of ether oxygens (including phenoxy) is 2. The Morgan fingerprint density at radius 2 is 2.20 bits per heavy atom. The minimum absolute atomic E-state index is 0.00332. The van der Waals surface area contributed by atoms with Crippen molar-refractivity contribution < 1.29 is 24.2 Å². The number of rotatable bonds is 5. The predicted molar refractivity (Wildman–Crippen MR) is 71.4 cm³/mol. The van der Waals surface area contributed by atoms with Crippen LogP contribution in [-0.2, 0) is 4.79 Å². The molecule has 0 bridgehead atoms. The SMILES string of the molecule is CC(CCC(=O)O)NC(=O)c1cc(Cl)c2c(c1)OCO2.